The van der Waals surface area contributed by atoms with E-state index in [0.717, 1.165) is 46.8 Å². The highest BCUT2D eigenvalue weighted by atomic mass is 32.2. The van der Waals surface area contributed by atoms with Crippen LogP contribution in [0.1, 0.15) is 24.4 Å². The Morgan fingerprint density at radius 3 is 2.89 bits per heavy atom. The Kier molecular flexibility index (Phi) is 4.98. The number of thioether (sulfide) groups is 1. The van der Waals surface area contributed by atoms with Gasteiger partial charge in [0.15, 0.2) is 5.65 Å². The molecule has 2 aromatic heterocycles. The molecule has 0 N–H and O–H groups in total. The van der Waals surface area contributed by atoms with Crippen molar-refractivity contribution in [2.24, 2.45) is 7.05 Å². The molecule has 140 valence electrons. The van der Waals surface area contributed by atoms with Gasteiger partial charge in [-0.15, -0.1) is 0 Å². The van der Waals surface area contributed by atoms with Crippen molar-refractivity contribution in [3.8, 4) is 5.75 Å². The molecule has 0 aliphatic carbocycles. The zero-order valence-electron chi connectivity index (χ0n) is 15.3. The van der Waals surface area contributed by atoms with Crippen molar-refractivity contribution in [3.63, 3.8) is 0 Å². The zero-order chi connectivity index (χ0) is 18.8. The third kappa shape index (κ3) is 3.49. The lowest BCUT2D eigenvalue weighted by atomic mass is 10.0. The van der Waals surface area contributed by atoms with Gasteiger partial charge in [0.2, 0.25) is 5.91 Å². The van der Waals surface area contributed by atoms with Crippen LogP contribution in [-0.2, 0) is 11.8 Å². The highest BCUT2D eigenvalue weighted by molar-refractivity contribution is 8.00. The molecule has 1 aliphatic heterocycles. The molecule has 8 heteroatoms. The van der Waals surface area contributed by atoms with Crippen LogP contribution >= 0.6 is 11.8 Å². The second kappa shape index (κ2) is 7.56. The summed E-state index contributed by atoms with van der Waals surface area (Å²) in [6, 6.07) is 8.13. The molecule has 1 atom stereocenters. The van der Waals surface area contributed by atoms with E-state index in [1.807, 2.05) is 36.2 Å². The fourth-order valence-corrected chi connectivity index (χ4v) is 4.35. The summed E-state index contributed by atoms with van der Waals surface area (Å²) in [6.45, 7) is 0.794. The Hall–Kier alpha value is -2.61. The van der Waals surface area contributed by atoms with Gasteiger partial charge in [0.05, 0.1) is 30.5 Å². The number of fused-ring (bicyclic) bond motifs is 1. The number of hydrogen-bond acceptors (Lipinski definition) is 6. The minimum atomic E-state index is 0.132. The second-order valence-corrected chi connectivity index (χ2v) is 7.46. The standard InChI is InChI=1S/C19H21N5O2S/c1-23-18-15(10-22-23)19(21-12-20-18)27-11-17(25)24-9-3-4-16(24)13-5-7-14(26-2)8-6-13/h5-8,10,12,16H,3-4,9,11H2,1-2H3. The van der Waals surface area contributed by atoms with Crippen LogP contribution in [0.15, 0.2) is 41.8 Å². The van der Waals surface area contributed by atoms with E-state index >= 15 is 0 Å². The van der Waals surface area contributed by atoms with E-state index in [4.69, 9.17) is 4.74 Å². The molecule has 1 aromatic carbocycles. The van der Waals surface area contributed by atoms with Crippen molar-refractivity contribution in [2.45, 2.75) is 23.9 Å². The van der Waals surface area contributed by atoms with E-state index in [-0.39, 0.29) is 11.9 Å². The first-order valence-corrected chi connectivity index (χ1v) is 9.85. The lowest BCUT2D eigenvalue weighted by Crippen LogP contribution is -2.32. The molecule has 27 heavy (non-hydrogen) atoms. The molecule has 0 spiro atoms. The number of aromatic nitrogens is 4. The fraction of sp³-hybridized carbons (Fsp3) is 0.368. The van der Waals surface area contributed by atoms with Gasteiger partial charge >= 0.3 is 0 Å². The zero-order valence-corrected chi connectivity index (χ0v) is 16.1. The summed E-state index contributed by atoms with van der Waals surface area (Å²) in [5.74, 6) is 1.32. The summed E-state index contributed by atoms with van der Waals surface area (Å²) in [6.07, 6.45) is 5.28. The lowest BCUT2D eigenvalue weighted by molar-refractivity contribution is -0.129. The van der Waals surface area contributed by atoms with Gasteiger partial charge in [-0.3, -0.25) is 9.48 Å². The molecule has 4 rings (SSSR count). The highest BCUT2D eigenvalue weighted by Crippen LogP contribution is 2.34. The molecule has 1 saturated heterocycles. The molecule has 7 nitrogen and oxygen atoms in total. The van der Waals surface area contributed by atoms with Gasteiger partial charge in [0.25, 0.3) is 0 Å². The Morgan fingerprint density at radius 1 is 1.30 bits per heavy atom. The van der Waals surface area contributed by atoms with E-state index in [1.165, 1.54) is 18.1 Å². The van der Waals surface area contributed by atoms with E-state index in [0.29, 0.717) is 5.75 Å². The molecular weight excluding hydrogens is 362 g/mol. The van der Waals surface area contributed by atoms with Crippen molar-refractivity contribution in [3.05, 3.63) is 42.4 Å². The fourth-order valence-electron chi connectivity index (χ4n) is 3.51. The van der Waals surface area contributed by atoms with Crippen LogP contribution in [0.3, 0.4) is 0 Å². The smallest absolute Gasteiger partial charge is 0.233 e. The Labute approximate surface area is 161 Å². The lowest BCUT2D eigenvalue weighted by Gasteiger charge is -2.25. The van der Waals surface area contributed by atoms with Gasteiger partial charge in [-0.1, -0.05) is 23.9 Å². The van der Waals surface area contributed by atoms with Crippen LogP contribution in [0.2, 0.25) is 0 Å². The van der Waals surface area contributed by atoms with Crippen LogP contribution in [-0.4, -0.2) is 50.0 Å². The minimum Gasteiger partial charge on any atom is -0.497 e. The van der Waals surface area contributed by atoms with Crippen LogP contribution in [0.4, 0.5) is 0 Å². The molecule has 1 unspecified atom stereocenters. The number of methoxy groups -OCH3 is 1. The Balaban J connectivity index is 1.46. The number of carbonyl (C=O) groups excluding carboxylic acids is 1. The summed E-state index contributed by atoms with van der Waals surface area (Å²) in [7, 11) is 3.50. The van der Waals surface area contributed by atoms with Crippen LogP contribution < -0.4 is 4.74 Å². The molecule has 0 radical (unpaired) electrons. The van der Waals surface area contributed by atoms with Gasteiger partial charge in [0, 0.05) is 13.6 Å². The maximum Gasteiger partial charge on any atom is 0.233 e. The molecular formula is C19H21N5O2S. The topological polar surface area (TPSA) is 73.1 Å². The molecule has 0 bridgehead atoms. The number of aryl methyl sites for hydroxylation is 1. The largest absolute Gasteiger partial charge is 0.497 e. The number of likely N-dealkylation sites (tertiary alicyclic amines) is 1. The Bertz CT molecular complexity index is 956. The van der Waals surface area contributed by atoms with Gasteiger partial charge in [0.1, 0.15) is 17.1 Å². The molecule has 1 fully saturated rings. The quantitative estimate of drug-likeness (QED) is 0.498. The summed E-state index contributed by atoms with van der Waals surface area (Å²) in [5.41, 5.74) is 1.93. The van der Waals surface area contributed by atoms with Gasteiger partial charge in [-0.25, -0.2) is 9.97 Å². The van der Waals surface area contributed by atoms with Crippen molar-refractivity contribution in [1.29, 1.82) is 0 Å². The van der Waals surface area contributed by atoms with E-state index in [1.54, 1.807) is 18.0 Å². The number of nitrogens with zero attached hydrogens (tertiary/aromatic N) is 5. The van der Waals surface area contributed by atoms with Crippen molar-refractivity contribution < 1.29 is 9.53 Å². The molecule has 0 saturated carbocycles. The first-order valence-electron chi connectivity index (χ1n) is 8.86. The van der Waals surface area contributed by atoms with Crippen LogP contribution in [0.5, 0.6) is 5.75 Å². The minimum absolute atomic E-state index is 0.132. The average molecular weight is 383 g/mol. The number of benzene rings is 1. The summed E-state index contributed by atoms with van der Waals surface area (Å²) in [4.78, 5) is 23.4. The van der Waals surface area contributed by atoms with E-state index in [9.17, 15) is 4.79 Å². The van der Waals surface area contributed by atoms with Gasteiger partial charge in [-0.2, -0.15) is 5.10 Å². The summed E-state index contributed by atoms with van der Waals surface area (Å²) in [5, 5.41) is 5.90. The van der Waals surface area contributed by atoms with Crippen molar-refractivity contribution >= 4 is 28.7 Å². The molecule has 3 heterocycles. The molecule has 1 amide bonds. The number of carbonyl (C=O) groups is 1. The van der Waals surface area contributed by atoms with Crippen molar-refractivity contribution in [1.82, 2.24) is 24.6 Å². The maximum absolute atomic E-state index is 12.9. The number of rotatable bonds is 5. The monoisotopic (exact) mass is 383 g/mol. The van der Waals surface area contributed by atoms with E-state index < -0.39 is 0 Å². The van der Waals surface area contributed by atoms with Gasteiger partial charge < -0.3 is 9.64 Å². The van der Waals surface area contributed by atoms with Crippen molar-refractivity contribution in [2.75, 3.05) is 19.4 Å². The van der Waals surface area contributed by atoms with Crippen LogP contribution in [0.25, 0.3) is 11.0 Å². The maximum atomic E-state index is 12.9. The predicted octanol–water partition coefficient (Wildman–Crippen LogP) is 2.83. The highest BCUT2D eigenvalue weighted by Gasteiger charge is 2.30. The van der Waals surface area contributed by atoms with Gasteiger partial charge in [-0.05, 0) is 30.5 Å². The Morgan fingerprint density at radius 2 is 2.11 bits per heavy atom. The summed E-state index contributed by atoms with van der Waals surface area (Å²) < 4.78 is 6.94. The van der Waals surface area contributed by atoms with Crippen LogP contribution in [0, 0.1) is 0 Å². The normalized spacial score (nSPS) is 16.8. The average Bonchev–Trinajstić information content (AvgIpc) is 3.34. The second-order valence-electron chi connectivity index (χ2n) is 6.49. The first-order chi connectivity index (χ1) is 13.2. The third-order valence-electron chi connectivity index (χ3n) is 4.90. The predicted molar refractivity (Wildman–Crippen MR) is 104 cm³/mol. The number of amides is 1. The first kappa shape index (κ1) is 17.8. The molecule has 1 aliphatic rings. The molecule has 3 aromatic rings. The number of ether oxygens (including phenoxy) is 1. The SMILES string of the molecule is COc1ccc(C2CCCN2C(=O)CSc2ncnc3c2cnn3C)cc1. The van der Waals surface area contributed by atoms with E-state index in [2.05, 4.69) is 15.1 Å². The number of hydrogen-bond donors (Lipinski definition) is 0. The summed E-state index contributed by atoms with van der Waals surface area (Å²) >= 11 is 1.45. The third-order valence-corrected chi connectivity index (χ3v) is 5.89.